The first-order chi connectivity index (χ1) is 9.82. The molecule has 0 aromatic carbocycles. The minimum absolute atomic E-state index is 0.118. The van der Waals surface area contributed by atoms with Gasteiger partial charge in [-0.1, -0.05) is 6.92 Å². The molecule has 8 heteroatoms. The fourth-order valence-corrected chi connectivity index (χ4v) is 1.61. The number of rotatable bonds is 8. The number of halogens is 3. The van der Waals surface area contributed by atoms with E-state index in [2.05, 4.69) is 15.6 Å². The Bertz CT molecular complexity index is 477. The number of hydrogen-bond acceptors (Lipinski definition) is 4. The van der Waals surface area contributed by atoms with E-state index in [1.807, 2.05) is 6.92 Å². The van der Waals surface area contributed by atoms with Crippen LogP contribution in [0.3, 0.4) is 0 Å². The monoisotopic (exact) mass is 304 g/mol. The van der Waals surface area contributed by atoms with E-state index in [4.69, 9.17) is 5.73 Å². The SMILES string of the molecule is CCCNc1cc(C(F)(F)F)cc(NCCCC(N)=O)n1. The predicted octanol–water partition coefficient (Wildman–Crippen LogP) is 2.60. The Morgan fingerprint density at radius 2 is 1.81 bits per heavy atom. The third-order valence-corrected chi connectivity index (χ3v) is 2.61. The van der Waals surface area contributed by atoms with Crippen LogP contribution >= 0.6 is 0 Å². The molecule has 0 aliphatic carbocycles. The van der Waals surface area contributed by atoms with Crippen LogP contribution in [0.4, 0.5) is 24.8 Å². The van der Waals surface area contributed by atoms with E-state index in [9.17, 15) is 18.0 Å². The highest BCUT2D eigenvalue weighted by Crippen LogP contribution is 2.32. The zero-order chi connectivity index (χ0) is 15.9. The Balaban J connectivity index is 2.78. The maximum Gasteiger partial charge on any atom is 0.416 e. The predicted molar refractivity (Wildman–Crippen MR) is 74.9 cm³/mol. The van der Waals surface area contributed by atoms with Crippen molar-refractivity contribution in [3.8, 4) is 0 Å². The van der Waals surface area contributed by atoms with Gasteiger partial charge >= 0.3 is 6.18 Å². The van der Waals surface area contributed by atoms with Crippen LogP contribution in [0.2, 0.25) is 0 Å². The Hall–Kier alpha value is -1.99. The van der Waals surface area contributed by atoms with E-state index in [0.29, 0.717) is 19.5 Å². The fraction of sp³-hybridized carbons (Fsp3) is 0.538. The van der Waals surface area contributed by atoms with Gasteiger partial charge in [-0.05, 0) is 25.0 Å². The summed E-state index contributed by atoms with van der Waals surface area (Å²) in [7, 11) is 0. The van der Waals surface area contributed by atoms with E-state index in [1.54, 1.807) is 0 Å². The summed E-state index contributed by atoms with van der Waals surface area (Å²) < 4.78 is 38.5. The van der Waals surface area contributed by atoms with Crippen molar-refractivity contribution in [2.24, 2.45) is 5.73 Å². The topological polar surface area (TPSA) is 80.0 Å². The van der Waals surface area contributed by atoms with Gasteiger partial charge in [-0.25, -0.2) is 4.98 Å². The summed E-state index contributed by atoms with van der Waals surface area (Å²) in [5.74, 6) is -0.156. The van der Waals surface area contributed by atoms with Crippen molar-refractivity contribution in [3.63, 3.8) is 0 Å². The van der Waals surface area contributed by atoms with Gasteiger partial charge in [-0.2, -0.15) is 13.2 Å². The summed E-state index contributed by atoms with van der Waals surface area (Å²) in [4.78, 5) is 14.7. The molecule has 0 fully saturated rings. The Morgan fingerprint density at radius 3 is 2.29 bits per heavy atom. The molecule has 118 valence electrons. The molecule has 21 heavy (non-hydrogen) atoms. The van der Waals surface area contributed by atoms with Crippen LogP contribution in [-0.2, 0) is 11.0 Å². The number of nitrogens with zero attached hydrogens (tertiary/aromatic N) is 1. The summed E-state index contributed by atoms with van der Waals surface area (Å²) in [6.45, 7) is 2.77. The number of carbonyl (C=O) groups excluding carboxylic acids is 1. The van der Waals surface area contributed by atoms with Crippen molar-refractivity contribution in [3.05, 3.63) is 17.7 Å². The fourth-order valence-electron chi connectivity index (χ4n) is 1.61. The molecule has 1 rings (SSSR count). The lowest BCUT2D eigenvalue weighted by atomic mass is 10.2. The van der Waals surface area contributed by atoms with Gasteiger partial charge < -0.3 is 16.4 Å². The number of anilines is 2. The molecule has 1 aromatic heterocycles. The van der Waals surface area contributed by atoms with Crippen LogP contribution in [0.5, 0.6) is 0 Å². The molecule has 0 bridgehead atoms. The zero-order valence-electron chi connectivity index (χ0n) is 11.8. The van der Waals surface area contributed by atoms with Crippen LogP contribution in [0.1, 0.15) is 31.7 Å². The number of aromatic nitrogens is 1. The van der Waals surface area contributed by atoms with Crippen molar-refractivity contribution in [1.82, 2.24) is 4.98 Å². The molecule has 0 atom stereocenters. The molecular formula is C13H19F3N4O. The molecule has 1 aromatic rings. The molecule has 0 saturated carbocycles. The molecule has 0 unspecified atom stereocenters. The molecule has 0 saturated heterocycles. The van der Waals surface area contributed by atoms with Gasteiger partial charge in [0.1, 0.15) is 11.6 Å². The molecular weight excluding hydrogens is 285 g/mol. The van der Waals surface area contributed by atoms with E-state index in [1.165, 1.54) is 0 Å². The highest BCUT2D eigenvalue weighted by atomic mass is 19.4. The smallest absolute Gasteiger partial charge is 0.370 e. The van der Waals surface area contributed by atoms with E-state index in [-0.39, 0.29) is 18.1 Å². The quantitative estimate of drug-likeness (QED) is 0.645. The van der Waals surface area contributed by atoms with Crippen molar-refractivity contribution in [1.29, 1.82) is 0 Å². The molecule has 0 aliphatic rings. The average molecular weight is 304 g/mol. The van der Waals surface area contributed by atoms with Gasteiger partial charge in [0.25, 0.3) is 0 Å². The number of primary amides is 1. The van der Waals surface area contributed by atoms with Crippen LogP contribution in [0.15, 0.2) is 12.1 Å². The maximum atomic E-state index is 12.8. The number of hydrogen-bond donors (Lipinski definition) is 3. The molecule has 1 heterocycles. The third-order valence-electron chi connectivity index (χ3n) is 2.61. The molecule has 0 radical (unpaired) electrons. The first kappa shape index (κ1) is 17.1. The lowest BCUT2D eigenvalue weighted by molar-refractivity contribution is -0.137. The van der Waals surface area contributed by atoms with Gasteiger partial charge in [0.2, 0.25) is 5.91 Å². The lowest BCUT2D eigenvalue weighted by Gasteiger charge is -2.13. The molecule has 1 amide bonds. The number of nitrogens with one attached hydrogen (secondary N) is 2. The lowest BCUT2D eigenvalue weighted by Crippen LogP contribution is -2.14. The zero-order valence-corrected chi connectivity index (χ0v) is 11.8. The summed E-state index contributed by atoms with van der Waals surface area (Å²) in [5.41, 5.74) is 4.22. The number of carbonyl (C=O) groups is 1. The third kappa shape index (κ3) is 6.33. The van der Waals surface area contributed by atoms with Gasteiger partial charge in [-0.3, -0.25) is 4.79 Å². The second-order valence-electron chi connectivity index (χ2n) is 4.55. The van der Waals surface area contributed by atoms with Crippen molar-refractivity contribution < 1.29 is 18.0 Å². The molecule has 5 nitrogen and oxygen atoms in total. The van der Waals surface area contributed by atoms with E-state index in [0.717, 1.165) is 18.6 Å². The second-order valence-corrected chi connectivity index (χ2v) is 4.55. The maximum absolute atomic E-state index is 12.8. The normalized spacial score (nSPS) is 11.2. The Labute approximate surface area is 121 Å². The number of nitrogens with two attached hydrogens (primary N) is 1. The van der Waals surface area contributed by atoms with Crippen molar-refractivity contribution in [2.45, 2.75) is 32.4 Å². The minimum atomic E-state index is -4.44. The average Bonchev–Trinajstić information content (AvgIpc) is 2.40. The minimum Gasteiger partial charge on any atom is -0.370 e. The Morgan fingerprint density at radius 1 is 1.24 bits per heavy atom. The molecule has 4 N–H and O–H groups in total. The Kier molecular flexibility index (Phi) is 6.26. The standard InChI is InChI=1S/C13H19F3N4O/c1-2-5-18-11-7-9(13(14,15)16)8-12(20-11)19-6-3-4-10(17)21/h7-8H,2-6H2,1H3,(H2,17,21)(H2,18,19,20). The van der Waals surface area contributed by atoms with Gasteiger partial charge in [0.05, 0.1) is 5.56 Å². The summed E-state index contributed by atoms with van der Waals surface area (Å²) in [5, 5.41) is 5.60. The first-order valence-electron chi connectivity index (χ1n) is 6.68. The van der Waals surface area contributed by atoms with Gasteiger partial charge in [-0.15, -0.1) is 0 Å². The van der Waals surface area contributed by atoms with Crippen LogP contribution < -0.4 is 16.4 Å². The van der Waals surface area contributed by atoms with Crippen LogP contribution in [0.25, 0.3) is 0 Å². The van der Waals surface area contributed by atoms with E-state index < -0.39 is 17.6 Å². The summed E-state index contributed by atoms with van der Waals surface area (Å²) >= 11 is 0. The van der Waals surface area contributed by atoms with Gasteiger partial charge in [0.15, 0.2) is 0 Å². The summed E-state index contributed by atoms with van der Waals surface area (Å²) in [6, 6.07) is 1.92. The van der Waals surface area contributed by atoms with Crippen molar-refractivity contribution >= 4 is 17.5 Å². The highest BCUT2D eigenvalue weighted by Gasteiger charge is 2.31. The first-order valence-corrected chi connectivity index (χ1v) is 6.68. The second kappa shape index (κ2) is 7.70. The number of amides is 1. The van der Waals surface area contributed by atoms with Crippen molar-refractivity contribution in [2.75, 3.05) is 23.7 Å². The van der Waals surface area contributed by atoms with Crippen LogP contribution in [-0.4, -0.2) is 24.0 Å². The number of alkyl halides is 3. The van der Waals surface area contributed by atoms with Gasteiger partial charge in [0, 0.05) is 19.5 Å². The largest absolute Gasteiger partial charge is 0.416 e. The summed E-state index contributed by atoms with van der Waals surface area (Å²) in [6.07, 6.45) is -3.05. The highest BCUT2D eigenvalue weighted by molar-refractivity contribution is 5.73. The number of pyridine rings is 1. The van der Waals surface area contributed by atoms with E-state index >= 15 is 0 Å². The molecule has 0 spiro atoms. The van der Waals surface area contributed by atoms with Crippen LogP contribution in [0, 0.1) is 0 Å². The molecule has 0 aliphatic heterocycles.